The molecule has 0 aliphatic rings. The normalized spacial score (nSPS) is 11.5. The van der Waals surface area contributed by atoms with Crippen molar-refractivity contribution in [1.82, 2.24) is 14.0 Å². The van der Waals surface area contributed by atoms with Gasteiger partial charge in [0.15, 0.2) is 5.69 Å². The molecule has 5 heteroatoms. The van der Waals surface area contributed by atoms with Crippen LogP contribution in [0.1, 0.15) is 28.7 Å². The van der Waals surface area contributed by atoms with E-state index in [-0.39, 0.29) is 5.69 Å². The molecule has 0 spiro atoms. The lowest BCUT2D eigenvalue weighted by Gasteiger charge is -2.00. The van der Waals surface area contributed by atoms with Gasteiger partial charge in [-0.1, -0.05) is 19.1 Å². The van der Waals surface area contributed by atoms with Crippen molar-refractivity contribution in [3.63, 3.8) is 0 Å². The lowest BCUT2D eigenvalue weighted by molar-refractivity contribution is 0.0688. The van der Waals surface area contributed by atoms with Crippen LogP contribution >= 0.6 is 0 Å². The highest BCUT2D eigenvalue weighted by Crippen LogP contribution is 2.25. The minimum absolute atomic E-state index is 0.285. The SMILES string of the molecule is CCc1cccc2c1nc1n(C)c(C)c(C(=O)O)n21. The Morgan fingerprint density at radius 2 is 2.16 bits per heavy atom. The predicted molar refractivity (Wildman–Crippen MR) is 72.7 cm³/mol. The lowest BCUT2D eigenvalue weighted by atomic mass is 10.1. The molecule has 0 aliphatic heterocycles. The molecule has 2 heterocycles. The number of carbonyl (C=O) groups is 1. The summed E-state index contributed by atoms with van der Waals surface area (Å²) >= 11 is 0. The van der Waals surface area contributed by atoms with Gasteiger partial charge in [0, 0.05) is 12.7 Å². The van der Waals surface area contributed by atoms with Gasteiger partial charge in [-0.3, -0.25) is 4.40 Å². The number of fused-ring (bicyclic) bond motifs is 3. The van der Waals surface area contributed by atoms with Gasteiger partial charge in [-0.25, -0.2) is 9.78 Å². The highest BCUT2D eigenvalue weighted by Gasteiger charge is 2.22. The molecular weight excluding hydrogens is 242 g/mol. The molecular formula is C14H15N3O2. The Kier molecular flexibility index (Phi) is 2.38. The topological polar surface area (TPSA) is 59.5 Å². The van der Waals surface area contributed by atoms with Gasteiger partial charge >= 0.3 is 5.97 Å². The Bertz CT molecular complexity index is 811. The molecule has 0 unspecified atom stereocenters. The third-order valence-electron chi connectivity index (χ3n) is 3.70. The molecule has 5 nitrogen and oxygen atoms in total. The molecule has 0 aliphatic carbocycles. The predicted octanol–water partition coefficient (Wildman–Crippen LogP) is 2.40. The monoisotopic (exact) mass is 257 g/mol. The molecule has 3 aromatic rings. The standard InChI is InChI=1S/C14H15N3O2/c1-4-9-6-5-7-10-11(9)15-14-16(3)8(2)12(13(18)19)17(10)14/h5-7H,4H2,1-3H3,(H,18,19). The molecule has 0 amide bonds. The summed E-state index contributed by atoms with van der Waals surface area (Å²) in [6.45, 7) is 3.87. The Balaban J connectivity index is 2.57. The maximum absolute atomic E-state index is 11.5. The second-order valence-electron chi connectivity index (χ2n) is 4.68. The van der Waals surface area contributed by atoms with Crippen LogP contribution in [0, 0.1) is 6.92 Å². The van der Waals surface area contributed by atoms with Crippen LogP contribution in [0.4, 0.5) is 0 Å². The quantitative estimate of drug-likeness (QED) is 0.766. The van der Waals surface area contributed by atoms with Gasteiger partial charge in [-0.15, -0.1) is 0 Å². The van der Waals surface area contributed by atoms with Crippen molar-refractivity contribution in [2.45, 2.75) is 20.3 Å². The number of nitrogens with zero attached hydrogens (tertiary/aromatic N) is 3. The molecule has 0 saturated carbocycles. The van der Waals surface area contributed by atoms with E-state index in [1.807, 2.05) is 29.8 Å². The first kappa shape index (κ1) is 11.8. The zero-order valence-corrected chi connectivity index (χ0v) is 11.1. The molecule has 0 atom stereocenters. The van der Waals surface area contributed by atoms with E-state index in [0.717, 1.165) is 23.0 Å². The minimum atomic E-state index is -0.927. The van der Waals surface area contributed by atoms with E-state index in [9.17, 15) is 9.90 Å². The molecule has 3 rings (SSSR count). The Morgan fingerprint density at radius 3 is 2.79 bits per heavy atom. The van der Waals surface area contributed by atoms with E-state index in [4.69, 9.17) is 0 Å². The summed E-state index contributed by atoms with van der Waals surface area (Å²) in [6.07, 6.45) is 0.878. The summed E-state index contributed by atoms with van der Waals surface area (Å²) in [5, 5.41) is 9.42. The first-order chi connectivity index (χ1) is 9.06. The fraction of sp³-hybridized carbons (Fsp3) is 0.286. The number of hydrogen-bond acceptors (Lipinski definition) is 2. The van der Waals surface area contributed by atoms with Crippen LogP contribution in [0.25, 0.3) is 16.8 Å². The van der Waals surface area contributed by atoms with Gasteiger partial charge in [0.1, 0.15) is 0 Å². The third kappa shape index (κ3) is 1.41. The van der Waals surface area contributed by atoms with Crippen LogP contribution in [0.15, 0.2) is 18.2 Å². The Morgan fingerprint density at radius 1 is 1.42 bits per heavy atom. The van der Waals surface area contributed by atoms with Crippen LogP contribution in [0.2, 0.25) is 0 Å². The van der Waals surface area contributed by atoms with Crippen molar-refractivity contribution >= 4 is 22.8 Å². The summed E-state index contributed by atoms with van der Waals surface area (Å²) in [7, 11) is 1.84. The Hall–Kier alpha value is -2.30. The fourth-order valence-electron chi connectivity index (χ4n) is 2.60. The van der Waals surface area contributed by atoms with Crippen molar-refractivity contribution in [2.24, 2.45) is 7.05 Å². The number of carboxylic acid groups (broad SMARTS) is 1. The minimum Gasteiger partial charge on any atom is -0.477 e. The first-order valence-electron chi connectivity index (χ1n) is 6.24. The van der Waals surface area contributed by atoms with Crippen LogP contribution in [0.3, 0.4) is 0 Å². The number of hydrogen-bond donors (Lipinski definition) is 1. The fourth-order valence-corrected chi connectivity index (χ4v) is 2.60. The average molecular weight is 257 g/mol. The lowest BCUT2D eigenvalue weighted by Crippen LogP contribution is -2.04. The van der Waals surface area contributed by atoms with Gasteiger partial charge in [-0.2, -0.15) is 0 Å². The van der Waals surface area contributed by atoms with Crippen molar-refractivity contribution in [3.8, 4) is 0 Å². The molecule has 0 fully saturated rings. The van der Waals surface area contributed by atoms with Gasteiger partial charge < -0.3 is 9.67 Å². The van der Waals surface area contributed by atoms with E-state index >= 15 is 0 Å². The number of benzene rings is 1. The van der Waals surface area contributed by atoms with Crippen LogP contribution in [-0.4, -0.2) is 25.0 Å². The number of aromatic nitrogens is 3. The van der Waals surface area contributed by atoms with Crippen molar-refractivity contribution in [2.75, 3.05) is 0 Å². The second kappa shape index (κ2) is 3.85. The van der Waals surface area contributed by atoms with Gasteiger partial charge in [0.25, 0.3) is 0 Å². The van der Waals surface area contributed by atoms with E-state index in [1.165, 1.54) is 0 Å². The number of carboxylic acids is 1. The molecule has 0 saturated heterocycles. The van der Waals surface area contributed by atoms with Crippen molar-refractivity contribution in [1.29, 1.82) is 0 Å². The summed E-state index contributed by atoms with van der Waals surface area (Å²) < 4.78 is 3.55. The van der Waals surface area contributed by atoms with Crippen molar-refractivity contribution in [3.05, 3.63) is 35.2 Å². The summed E-state index contributed by atoms with van der Waals surface area (Å²) in [5.74, 6) is -0.255. The number of aryl methyl sites for hydroxylation is 2. The molecule has 19 heavy (non-hydrogen) atoms. The smallest absolute Gasteiger partial charge is 0.354 e. The molecule has 2 aromatic heterocycles. The number of para-hydroxylation sites is 1. The van der Waals surface area contributed by atoms with E-state index in [2.05, 4.69) is 11.9 Å². The molecule has 1 aromatic carbocycles. The maximum Gasteiger partial charge on any atom is 0.354 e. The zero-order valence-electron chi connectivity index (χ0n) is 11.1. The van der Waals surface area contributed by atoms with Crippen molar-refractivity contribution < 1.29 is 9.90 Å². The number of imidazole rings is 2. The number of aromatic carboxylic acids is 1. The molecule has 0 bridgehead atoms. The van der Waals surface area contributed by atoms with Crippen LogP contribution in [0.5, 0.6) is 0 Å². The van der Waals surface area contributed by atoms with E-state index in [0.29, 0.717) is 11.5 Å². The highest BCUT2D eigenvalue weighted by molar-refractivity contribution is 5.93. The van der Waals surface area contributed by atoms with Crippen LogP contribution < -0.4 is 0 Å². The summed E-state index contributed by atoms with van der Waals surface area (Å²) in [4.78, 5) is 16.1. The largest absolute Gasteiger partial charge is 0.477 e. The van der Waals surface area contributed by atoms with Gasteiger partial charge in [0.2, 0.25) is 5.78 Å². The third-order valence-corrected chi connectivity index (χ3v) is 3.70. The van der Waals surface area contributed by atoms with Gasteiger partial charge in [0.05, 0.1) is 11.0 Å². The highest BCUT2D eigenvalue weighted by atomic mass is 16.4. The molecule has 1 N–H and O–H groups in total. The second-order valence-corrected chi connectivity index (χ2v) is 4.68. The Labute approximate surface area is 110 Å². The van der Waals surface area contributed by atoms with E-state index in [1.54, 1.807) is 11.3 Å². The molecule has 98 valence electrons. The summed E-state index contributed by atoms with van der Waals surface area (Å²) in [6, 6.07) is 5.89. The van der Waals surface area contributed by atoms with E-state index < -0.39 is 5.97 Å². The first-order valence-corrected chi connectivity index (χ1v) is 6.24. The number of rotatable bonds is 2. The maximum atomic E-state index is 11.5. The average Bonchev–Trinajstić information content (AvgIpc) is 2.87. The summed E-state index contributed by atoms with van der Waals surface area (Å²) in [5.41, 5.74) is 3.87. The van der Waals surface area contributed by atoms with Crippen LogP contribution in [-0.2, 0) is 13.5 Å². The molecule has 0 radical (unpaired) electrons. The zero-order chi connectivity index (χ0) is 13.7. The van der Waals surface area contributed by atoms with Gasteiger partial charge in [-0.05, 0) is 25.0 Å².